The molecule has 0 saturated heterocycles. The molecule has 0 saturated carbocycles. The number of carbonyl (C=O) groups excluding carboxylic acids is 2. The highest BCUT2D eigenvalue weighted by Crippen LogP contribution is 2.45. The SMILES string of the molecule is CCOC(=O)N1CCc2c(sc(NC(=O)c3ccc([N+](=O)[O-])cc3)c2-c2nc3ccccc3s2)C1. The Bertz CT molecular complexity index is 1410. The molecule has 2 aromatic carbocycles. The Kier molecular flexibility index (Phi) is 6.18. The number of thiazole rings is 1. The van der Waals surface area contributed by atoms with Crippen molar-refractivity contribution in [1.29, 1.82) is 0 Å². The van der Waals surface area contributed by atoms with Crippen LogP contribution in [0.25, 0.3) is 20.8 Å². The Morgan fingerprint density at radius 1 is 1.17 bits per heavy atom. The summed E-state index contributed by atoms with van der Waals surface area (Å²) >= 11 is 2.96. The number of nitrogens with one attached hydrogen (secondary N) is 1. The summed E-state index contributed by atoms with van der Waals surface area (Å²) in [7, 11) is 0. The minimum atomic E-state index is -0.504. The van der Waals surface area contributed by atoms with Crippen LogP contribution < -0.4 is 5.32 Å². The summed E-state index contributed by atoms with van der Waals surface area (Å²) in [5.41, 5.74) is 3.04. The van der Waals surface area contributed by atoms with E-state index in [9.17, 15) is 19.7 Å². The van der Waals surface area contributed by atoms with Crippen LogP contribution >= 0.6 is 22.7 Å². The number of nitrogens with zero attached hydrogens (tertiary/aromatic N) is 3. The van der Waals surface area contributed by atoms with Crippen LogP contribution in [0.5, 0.6) is 0 Å². The number of nitro benzene ring substituents is 1. The number of rotatable bonds is 5. The van der Waals surface area contributed by atoms with Gasteiger partial charge in [-0.25, -0.2) is 9.78 Å². The van der Waals surface area contributed by atoms with Crippen molar-refractivity contribution in [3.8, 4) is 10.6 Å². The van der Waals surface area contributed by atoms with Gasteiger partial charge in [0.05, 0.1) is 28.3 Å². The van der Waals surface area contributed by atoms with Crippen molar-refractivity contribution in [2.45, 2.75) is 19.9 Å². The molecule has 0 radical (unpaired) electrons. The number of thiophene rings is 1. The summed E-state index contributed by atoms with van der Waals surface area (Å²) in [6.45, 7) is 2.98. The molecule has 3 heterocycles. The monoisotopic (exact) mass is 508 g/mol. The van der Waals surface area contributed by atoms with Gasteiger partial charge >= 0.3 is 6.09 Å². The zero-order valence-electron chi connectivity index (χ0n) is 18.6. The molecule has 2 aromatic heterocycles. The van der Waals surface area contributed by atoms with Gasteiger partial charge in [0.15, 0.2) is 0 Å². The van der Waals surface area contributed by atoms with E-state index in [0.29, 0.717) is 36.7 Å². The molecule has 1 N–H and O–H groups in total. The standard InChI is InChI=1S/C24H20N4O5S2/c1-2-33-24(30)27-12-11-16-19(13-27)35-23(20(16)22-25-17-5-3-4-6-18(17)34-22)26-21(29)14-7-9-15(10-8-14)28(31)32/h3-10H,2,11-13H2,1H3,(H,26,29). The molecular weight excluding hydrogens is 488 g/mol. The molecule has 0 fully saturated rings. The second-order valence-corrected chi connectivity index (χ2v) is 9.96. The molecule has 1 aliphatic heterocycles. The van der Waals surface area contributed by atoms with Crippen molar-refractivity contribution < 1.29 is 19.2 Å². The lowest BCUT2D eigenvalue weighted by Gasteiger charge is -2.26. The van der Waals surface area contributed by atoms with Gasteiger partial charge in [0.2, 0.25) is 0 Å². The van der Waals surface area contributed by atoms with Gasteiger partial charge in [-0.1, -0.05) is 12.1 Å². The van der Waals surface area contributed by atoms with Crippen molar-refractivity contribution in [3.05, 3.63) is 74.6 Å². The lowest BCUT2D eigenvalue weighted by Crippen LogP contribution is -2.35. The fraction of sp³-hybridized carbons (Fsp3) is 0.208. The van der Waals surface area contributed by atoms with Gasteiger partial charge in [-0.3, -0.25) is 14.9 Å². The van der Waals surface area contributed by atoms with E-state index in [1.807, 2.05) is 24.3 Å². The molecule has 0 spiro atoms. The Balaban J connectivity index is 1.52. The Morgan fingerprint density at radius 2 is 1.94 bits per heavy atom. The number of nitro groups is 1. The maximum atomic E-state index is 13.0. The molecule has 0 aliphatic carbocycles. The predicted molar refractivity (Wildman–Crippen MR) is 135 cm³/mol. The van der Waals surface area contributed by atoms with Crippen LogP contribution in [0.15, 0.2) is 48.5 Å². The van der Waals surface area contributed by atoms with E-state index in [1.165, 1.54) is 35.6 Å². The van der Waals surface area contributed by atoms with Crippen molar-refractivity contribution in [3.63, 3.8) is 0 Å². The van der Waals surface area contributed by atoms with E-state index < -0.39 is 4.92 Å². The topological polar surface area (TPSA) is 115 Å². The minimum Gasteiger partial charge on any atom is -0.450 e. The highest BCUT2D eigenvalue weighted by Gasteiger charge is 2.30. The van der Waals surface area contributed by atoms with Crippen LogP contribution in [0.1, 0.15) is 27.7 Å². The van der Waals surface area contributed by atoms with Gasteiger partial charge in [0.25, 0.3) is 11.6 Å². The molecule has 1 aliphatic rings. The van der Waals surface area contributed by atoms with E-state index in [1.54, 1.807) is 23.2 Å². The molecule has 178 valence electrons. The number of carbonyl (C=O) groups is 2. The number of anilines is 1. The van der Waals surface area contributed by atoms with Gasteiger partial charge in [-0.2, -0.15) is 0 Å². The number of amides is 2. The Labute approximate surface area is 208 Å². The van der Waals surface area contributed by atoms with Crippen LogP contribution in [0.4, 0.5) is 15.5 Å². The van der Waals surface area contributed by atoms with Crippen LogP contribution in [0, 0.1) is 10.1 Å². The van der Waals surface area contributed by atoms with E-state index in [4.69, 9.17) is 9.72 Å². The zero-order chi connectivity index (χ0) is 24.5. The number of benzene rings is 2. The van der Waals surface area contributed by atoms with Crippen LogP contribution in [0.3, 0.4) is 0 Å². The average molecular weight is 509 g/mol. The largest absolute Gasteiger partial charge is 0.450 e. The minimum absolute atomic E-state index is 0.0811. The van der Waals surface area contributed by atoms with Gasteiger partial charge in [-0.05, 0) is 43.2 Å². The number of hydrogen-bond acceptors (Lipinski definition) is 8. The molecule has 5 rings (SSSR count). The van der Waals surface area contributed by atoms with E-state index in [-0.39, 0.29) is 17.7 Å². The Morgan fingerprint density at radius 3 is 2.66 bits per heavy atom. The molecular formula is C24H20N4O5S2. The third-order valence-corrected chi connectivity index (χ3v) is 7.84. The quantitative estimate of drug-likeness (QED) is 0.273. The van der Waals surface area contributed by atoms with Crippen LogP contribution in [0.2, 0.25) is 0 Å². The van der Waals surface area contributed by atoms with Crippen LogP contribution in [-0.2, 0) is 17.7 Å². The molecule has 4 aromatic rings. The molecule has 11 heteroatoms. The average Bonchev–Trinajstić information content (AvgIpc) is 3.44. The number of ether oxygens (including phenoxy) is 1. The number of fused-ring (bicyclic) bond motifs is 2. The van der Waals surface area contributed by atoms with E-state index >= 15 is 0 Å². The smallest absolute Gasteiger partial charge is 0.410 e. The number of para-hydroxylation sites is 1. The first-order valence-corrected chi connectivity index (χ1v) is 12.6. The van der Waals surface area contributed by atoms with Crippen molar-refractivity contribution in [1.82, 2.24) is 9.88 Å². The summed E-state index contributed by atoms with van der Waals surface area (Å²) in [4.78, 5) is 43.2. The first-order chi connectivity index (χ1) is 16.9. The summed E-state index contributed by atoms with van der Waals surface area (Å²) in [6.07, 6.45) is 0.257. The fourth-order valence-corrected chi connectivity index (χ4v) is 6.35. The highest BCUT2D eigenvalue weighted by molar-refractivity contribution is 7.23. The van der Waals surface area contributed by atoms with Gasteiger partial charge in [-0.15, -0.1) is 22.7 Å². The maximum absolute atomic E-state index is 13.0. The van der Waals surface area contributed by atoms with Gasteiger partial charge in [0.1, 0.15) is 10.0 Å². The summed E-state index contributed by atoms with van der Waals surface area (Å²) in [5, 5.41) is 15.4. The van der Waals surface area contributed by atoms with Crippen LogP contribution in [-0.4, -0.2) is 40.0 Å². The summed E-state index contributed by atoms with van der Waals surface area (Å²) < 4.78 is 6.21. The lowest BCUT2D eigenvalue weighted by atomic mass is 10.0. The molecule has 0 unspecified atom stereocenters. The Hall–Kier alpha value is -3.83. The number of aromatic nitrogens is 1. The third-order valence-electron chi connectivity index (χ3n) is 5.66. The number of non-ortho nitro benzene ring substituents is 1. The molecule has 0 atom stereocenters. The zero-order valence-corrected chi connectivity index (χ0v) is 20.3. The third kappa shape index (κ3) is 4.47. The van der Waals surface area contributed by atoms with E-state index in [2.05, 4.69) is 5.32 Å². The number of hydrogen-bond donors (Lipinski definition) is 1. The molecule has 2 amide bonds. The first kappa shape index (κ1) is 22.9. The molecule has 35 heavy (non-hydrogen) atoms. The first-order valence-electron chi connectivity index (χ1n) is 10.9. The van der Waals surface area contributed by atoms with Crippen molar-refractivity contribution in [2.75, 3.05) is 18.5 Å². The normalized spacial score (nSPS) is 12.9. The summed E-state index contributed by atoms with van der Waals surface area (Å²) in [6, 6.07) is 13.3. The fourth-order valence-electron chi connectivity index (χ4n) is 3.98. The second kappa shape index (κ2) is 9.43. The second-order valence-electron chi connectivity index (χ2n) is 7.82. The van der Waals surface area contributed by atoms with E-state index in [0.717, 1.165) is 31.2 Å². The van der Waals surface area contributed by atoms with Gasteiger partial charge < -0.3 is 15.0 Å². The lowest BCUT2D eigenvalue weighted by molar-refractivity contribution is -0.384. The molecule has 9 nitrogen and oxygen atoms in total. The van der Waals surface area contributed by atoms with Gasteiger partial charge in [0, 0.05) is 34.7 Å². The highest BCUT2D eigenvalue weighted by atomic mass is 32.1. The maximum Gasteiger partial charge on any atom is 0.410 e. The predicted octanol–water partition coefficient (Wildman–Crippen LogP) is 5.70. The molecule has 0 bridgehead atoms. The summed E-state index contributed by atoms with van der Waals surface area (Å²) in [5.74, 6) is -0.372. The van der Waals surface area contributed by atoms with Crippen molar-refractivity contribution in [2.24, 2.45) is 0 Å². The van der Waals surface area contributed by atoms with Crippen molar-refractivity contribution >= 4 is 55.6 Å².